The number of benzene rings is 3. The maximum Gasteiger partial charge on any atom is 0.312 e. The number of rotatable bonds is 6. The van der Waals surface area contributed by atoms with E-state index in [9.17, 15) is 29.4 Å². The highest BCUT2D eigenvalue weighted by Crippen LogP contribution is 2.48. The minimum atomic E-state index is -2.02. The predicted molar refractivity (Wildman–Crippen MR) is 263 cm³/mol. The number of aliphatic imine (C=N–C) groups is 1. The van der Waals surface area contributed by atoms with Crippen LogP contribution in [0.5, 0.6) is 17.2 Å². The average Bonchev–Trinajstić information content (AvgIpc) is 3.90. The van der Waals surface area contributed by atoms with Gasteiger partial charge in [-0.2, -0.15) is 0 Å². The molecule has 4 bridgehead atoms. The maximum atomic E-state index is 14.8. The van der Waals surface area contributed by atoms with E-state index in [1.165, 1.54) is 34.1 Å². The lowest BCUT2D eigenvalue weighted by atomic mass is 9.73. The van der Waals surface area contributed by atoms with Gasteiger partial charge in [-0.15, -0.1) is 0 Å². The SMILES string of the molecule is CO[C@H]1/C=C/O[C@@]2(C)Oc3c(C)c(=O)c4c(O)c(c5oc6cc(OCC[N+]7(C(C)(C)C)C=CN=C7)ccc6nc5c4c3C2=O)NC(=O)/C(C)=C\C=C\[C@H](C)[C@H](O)[C@@H](C)[C@@H](C)[C@@H](C)[C@H](OC(C)=O)[C@@H]1C. The number of ketones is 1. The molecule has 3 aliphatic rings. The number of carbonyl (C=O) groups is 3. The molecule has 4 heterocycles. The molecule has 0 fully saturated rings. The summed E-state index contributed by atoms with van der Waals surface area (Å²) in [4.78, 5) is 65.2. The van der Waals surface area contributed by atoms with Crippen molar-refractivity contribution in [2.45, 2.75) is 113 Å². The monoisotopic (exact) mass is 949 g/mol. The van der Waals surface area contributed by atoms with Crippen LogP contribution >= 0.6 is 0 Å². The number of aliphatic hydroxyl groups excluding tert-OH is 1. The van der Waals surface area contributed by atoms with Crippen molar-refractivity contribution in [1.29, 1.82) is 0 Å². The third kappa shape index (κ3) is 9.29. The molecule has 16 nitrogen and oxygen atoms in total. The number of anilines is 1. The van der Waals surface area contributed by atoms with Gasteiger partial charge in [0.2, 0.25) is 0 Å². The number of nitrogens with zero attached hydrogens (tertiary/aromatic N) is 3. The van der Waals surface area contributed by atoms with E-state index in [2.05, 4.69) is 31.1 Å². The van der Waals surface area contributed by atoms with Gasteiger partial charge < -0.3 is 43.6 Å². The number of fused-ring (bicyclic) bond motifs is 2. The fraction of sp³-hybridized carbons (Fsp3) is 0.472. The number of aliphatic hydroxyl groups is 1. The van der Waals surface area contributed by atoms with Crippen LogP contribution in [0.1, 0.15) is 92.1 Å². The normalized spacial score (nSPS) is 30.6. The highest BCUT2D eigenvalue weighted by Gasteiger charge is 2.50. The first kappa shape index (κ1) is 50.5. The van der Waals surface area contributed by atoms with E-state index in [4.69, 9.17) is 33.1 Å². The van der Waals surface area contributed by atoms with Crippen LogP contribution < -0.4 is 20.2 Å². The maximum absolute atomic E-state index is 14.8. The summed E-state index contributed by atoms with van der Waals surface area (Å²) in [7, 11) is 1.51. The number of carbonyl (C=O) groups excluding carboxylic acids is 3. The van der Waals surface area contributed by atoms with Gasteiger partial charge in [0.25, 0.3) is 11.7 Å². The zero-order valence-corrected chi connectivity index (χ0v) is 41.7. The number of nitrogens with one attached hydrogen (secondary N) is 1. The quantitative estimate of drug-likeness (QED) is 0.0544. The largest absolute Gasteiger partial charge is 0.505 e. The Morgan fingerprint density at radius 1 is 1.00 bits per heavy atom. The Balaban J connectivity index is 1.39. The topological polar surface area (TPSA) is 205 Å². The van der Waals surface area contributed by atoms with E-state index >= 15 is 0 Å². The fourth-order valence-electron chi connectivity index (χ4n) is 9.62. The number of quaternary nitrogens is 1. The van der Waals surface area contributed by atoms with Crippen molar-refractivity contribution in [2.24, 2.45) is 34.6 Å². The van der Waals surface area contributed by atoms with Crippen LogP contribution in [0.15, 0.2) is 80.9 Å². The van der Waals surface area contributed by atoms with E-state index in [-0.39, 0.29) is 84.8 Å². The molecular formula is C53H65N4O12+. The first-order chi connectivity index (χ1) is 32.4. The third-order valence-corrected chi connectivity index (χ3v) is 14.6. The zero-order valence-electron chi connectivity index (χ0n) is 41.7. The number of phenols is 1. The highest BCUT2D eigenvalue weighted by molar-refractivity contribution is 6.26. The second-order valence-electron chi connectivity index (χ2n) is 20.0. The molecule has 0 radical (unpaired) electrons. The minimum absolute atomic E-state index is 0.00724. The molecule has 3 N–H and O–H groups in total. The first-order valence-electron chi connectivity index (χ1n) is 23.4. The lowest BCUT2D eigenvalue weighted by Gasteiger charge is -2.39. The number of Topliss-reactive ketones (excluding diaryl/α,β-unsaturated/α-hetero) is 1. The predicted octanol–water partition coefficient (Wildman–Crippen LogP) is 8.78. The second-order valence-corrected chi connectivity index (χ2v) is 20.0. The average molecular weight is 950 g/mol. The molecule has 3 aromatic carbocycles. The number of hydrogen-bond donors (Lipinski definition) is 3. The molecule has 1 unspecified atom stereocenters. The summed E-state index contributed by atoms with van der Waals surface area (Å²) >= 11 is 0. The Bertz CT molecular complexity index is 2910. The van der Waals surface area contributed by atoms with Gasteiger partial charge in [-0.1, -0.05) is 52.8 Å². The van der Waals surface area contributed by atoms with Crippen molar-refractivity contribution in [2.75, 3.05) is 25.6 Å². The molecule has 16 heteroatoms. The van der Waals surface area contributed by atoms with Crippen molar-refractivity contribution in [3.63, 3.8) is 0 Å². The van der Waals surface area contributed by atoms with Gasteiger partial charge in [0.05, 0.1) is 35.6 Å². The Hall–Kier alpha value is -6.36. The molecule has 7 rings (SSSR count). The van der Waals surface area contributed by atoms with Crippen molar-refractivity contribution >= 4 is 62.7 Å². The fourth-order valence-corrected chi connectivity index (χ4v) is 9.62. The van der Waals surface area contributed by atoms with Gasteiger partial charge in [0.1, 0.15) is 59.2 Å². The van der Waals surface area contributed by atoms with E-state index in [1.807, 2.05) is 47.2 Å². The van der Waals surface area contributed by atoms with Gasteiger partial charge >= 0.3 is 11.8 Å². The third-order valence-electron chi connectivity index (χ3n) is 14.6. The highest BCUT2D eigenvalue weighted by atomic mass is 16.7. The Labute approximate surface area is 401 Å². The van der Waals surface area contributed by atoms with E-state index < -0.39 is 58.9 Å². The van der Waals surface area contributed by atoms with E-state index in [0.717, 1.165) is 0 Å². The minimum Gasteiger partial charge on any atom is -0.505 e. The Morgan fingerprint density at radius 3 is 2.38 bits per heavy atom. The molecule has 368 valence electrons. The standard InChI is InChI=1S/C53H64N4O12/c1-27-15-14-16-28(2)51(63)56-43-46(61)40-39(42-49(43)68-38-25-35(17-18-36(38)55-42)65-24-22-57(52(9,10)11)21-20-54-26-57)41-48(33(7)45(40)60)69-53(12,50(41)62)66-23-19-37(64-13)32(6)47(67-34(8)58)31(5)29(3)30(4)44(27)59/h14-21,23,25-27,29-32,37,44,47,59H,22,24H2,1-13H3,(H-,55,56,60,61,62,63)/p+1/b15-14+,23-19+,28-16-/t27-,29+,30-,31+,32+,37-,44-,47-,53-,57?/m0/s1. The van der Waals surface area contributed by atoms with Crippen molar-refractivity contribution in [3.05, 3.63) is 88.1 Å². The number of amides is 1. The van der Waals surface area contributed by atoms with Gasteiger partial charge in [0, 0.05) is 55.4 Å². The molecule has 0 saturated heterocycles. The summed E-state index contributed by atoms with van der Waals surface area (Å²) in [5, 5.41) is 26.2. The summed E-state index contributed by atoms with van der Waals surface area (Å²) in [5.41, 5.74) is -0.575. The lowest BCUT2D eigenvalue weighted by molar-refractivity contribution is -0.831. The van der Waals surface area contributed by atoms with Crippen molar-refractivity contribution in [3.8, 4) is 17.2 Å². The summed E-state index contributed by atoms with van der Waals surface area (Å²) in [6.45, 7) is 22.7. The molecule has 3 aliphatic heterocycles. The number of hydrogen-bond acceptors (Lipinski definition) is 14. The van der Waals surface area contributed by atoms with Crippen LogP contribution in [0, 0.1) is 36.5 Å². The summed E-state index contributed by atoms with van der Waals surface area (Å²) in [6.07, 6.45) is 11.4. The van der Waals surface area contributed by atoms with Crippen molar-refractivity contribution < 1.29 is 57.2 Å². The van der Waals surface area contributed by atoms with Crippen LogP contribution in [-0.4, -0.2) is 93.6 Å². The number of methoxy groups -OCH3 is 1. The smallest absolute Gasteiger partial charge is 0.312 e. The zero-order chi connectivity index (χ0) is 50.5. The molecule has 69 heavy (non-hydrogen) atoms. The number of allylic oxidation sites excluding steroid dienone is 2. The van der Waals surface area contributed by atoms with Crippen LogP contribution in [-0.2, 0) is 23.8 Å². The van der Waals surface area contributed by atoms with Gasteiger partial charge in [-0.05, 0) is 70.6 Å². The lowest BCUT2D eigenvalue weighted by Crippen LogP contribution is -2.56. The van der Waals surface area contributed by atoms with Gasteiger partial charge in [0.15, 0.2) is 28.7 Å². The molecule has 1 amide bonds. The van der Waals surface area contributed by atoms with Gasteiger partial charge in [-0.25, -0.2) is 14.5 Å². The number of aromatic hydroxyl groups is 1. The summed E-state index contributed by atoms with van der Waals surface area (Å²) in [5.74, 6) is -5.56. The number of aromatic nitrogens is 1. The Morgan fingerprint density at radius 2 is 1.72 bits per heavy atom. The van der Waals surface area contributed by atoms with Gasteiger partial charge in [-0.3, -0.25) is 19.2 Å². The summed E-state index contributed by atoms with van der Waals surface area (Å²) < 4.78 is 37.5. The molecule has 4 aromatic rings. The number of esters is 1. The second kappa shape index (κ2) is 19.2. The molecule has 0 spiro atoms. The van der Waals surface area contributed by atoms with Crippen molar-refractivity contribution in [1.82, 2.24) is 4.98 Å². The van der Waals surface area contributed by atoms with Crippen LogP contribution in [0.3, 0.4) is 0 Å². The molecule has 10 atom stereocenters. The molecule has 0 aliphatic carbocycles. The summed E-state index contributed by atoms with van der Waals surface area (Å²) in [6, 6.07) is 5.05. The Kier molecular flexibility index (Phi) is 14.1. The first-order valence-corrected chi connectivity index (χ1v) is 23.4. The van der Waals surface area contributed by atoms with Crippen LogP contribution in [0.25, 0.3) is 33.0 Å². The molecule has 1 aromatic heterocycles. The molecule has 0 saturated carbocycles. The van der Waals surface area contributed by atoms with Crippen LogP contribution in [0.2, 0.25) is 0 Å². The van der Waals surface area contributed by atoms with Crippen LogP contribution in [0.4, 0.5) is 5.69 Å². The number of phenolic OH excluding ortho intramolecular Hbond substituents is 1. The number of ether oxygens (including phenoxy) is 5. The molecular weight excluding hydrogens is 885 g/mol. The van der Waals surface area contributed by atoms with E-state index in [1.54, 1.807) is 55.6 Å². The van der Waals surface area contributed by atoms with E-state index in [0.29, 0.717) is 28.9 Å².